The Kier molecular flexibility index (Phi) is 1.82. The molecule has 0 aliphatic carbocycles. The monoisotopic (exact) mass is 159 g/mol. The number of aliphatic hydroxyl groups is 1. The lowest BCUT2D eigenvalue weighted by molar-refractivity contribution is -0.156. The highest BCUT2D eigenvalue weighted by Crippen LogP contribution is 2.25. The van der Waals surface area contributed by atoms with Gasteiger partial charge in [0.15, 0.2) is 5.41 Å². The van der Waals surface area contributed by atoms with E-state index in [2.05, 4.69) is 5.32 Å². The fraction of sp³-hybridized carbons (Fsp3) is 0.667. The van der Waals surface area contributed by atoms with Gasteiger partial charge in [0.2, 0.25) is 5.91 Å². The van der Waals surface area contributed by atoms with Crippen LogP contribution >= 0.6 is 0 Å². The van der Waals surface area contributed by atoms with Gasteiger partial charge in [-0.3, -0.25) is 9.59 Å². The molecule has 62 valence electrons. The molecule has 1 atom stereocenters. The van der Waals surface area contributed by atoms with Crippen LogP contribution in [0.4, 0.5) is 0 Å². The summed E-state index contributed by atoms with van der Waals surface area (Å²) >= 11 is 0. The van der Waals surface area contributed by atoms with E-state index >= 15 is 0 Å². The third-order valence-electron chi connectivity index (χ3n) is 1.95. The number of aliphatic hydroxyl groups excluding tert-OH is 1. The summed E-state index contributed by atoms with van der Waals surface area (Å²) in [6.07, 6.45) is 0.164. The standard InChI is InChI=1S/C6H9NO4/c8-3-6(5(10)11)1-2-7-4(6)9/h8H,1-3H2,(H,7,9)(H,10,11). The van der Waals surface area contributed by atoms with Crippen LogP contribution in [-0.2, 0) is 9.59 Å². The zero-order valence-corrected chi connectivity index (χ0v) is 5.83. The van der Waals surface area contributed by atoms with E-state index in [1.54, 1.807) is 0 Å². The second-order valence-corrected chi connectivity index (χ2v) is 2.55. The number of aliphatic carboxylic acids is 1. The number of hydrogen-bond acceptors (Lipinski definition) is 3. The van der Waals surface area contributed by atoms with Crippen molar-refractivity contribution in [3.05, 3.63) is 0 Å². The molecule has 0 aromatic rings. The van der Waals surface area contributed by atoms with Gasteiger partial charge in [0.1, 0.15) is 0 Å². The topological polar surface area (TPSA) is 86.6 Å². The lowest BCUT2D eigenvalue weighted by Crippen LogP contribution is -2.41. The average Bonchev–Trinajstić information content (AvgIpc) is 2.32. The summed E-state index contributed by atoms with van der Waals surface area (Å²) in [7, 11) is 0. The van der Waals surface area contributed by atoms with Gasteiger partial charge in [-0.1, -0.05) is 0 Å². The quantitative estimate of drug-likeness (QED) is 0.431. The maximum atomic E-state index is 10.9. The minimum atomic E-state index is -1.58. The summed E-state index contributed by atoms with van der Waals surface area (Å²) in [6.45, 7) is -0.306. The number of carboxylic acid groups (broad SMARTS) is 1. The minimum absolute atomic E-state index is 0.164. The van der Waals surface area contributed by atoms with Gasteiger partial charge in [0.25, 0.3) is 0 Å². The summed E-state index contributed by atoms with van der Waals surface area (Å²) in [6, 6.07) is 0. The minimum Gasteiger partial charge on any atom is -0.480 e. The van der Waals surface area contributed by atoms with Gasteiger partial charge in [-0.2, -0.15) is 0 Å². The summed E-state index contributed by atoms with van der Waals surface area (Å²) in [5.74, 6) is -1.84. The number of rotatable bonds is 2. The molecule has 1 unspecified atom stereocenters. The fourth-order valence-electron chi connectivity index (χ4n) is 1.09. The van der Waals surface area contributed by atoms with Crippen LogP contribution in [0.5, 0.6) is 0 Å². The molecule has 1 saturated heterocycles. The van der Waals surface area contributed by atoms with E-state index in [-0.39, 0.29) is 6.42 Å². The number of hydrogen-bond donors (Lipinski definition) is 3. The molecule has 5 nitrogen and oxygen atoms in total. The molecule has 3 N–H and O–H groups in total. The molecular weight excluding hydrogens is 150 g/mol. The van der Waals surface area contributed by atoms with Crippen molar-refractivity contribution in [3.63, 3.8) is 0 Å². The Morgan fingerprint density at radius 1 is 1.73 bits per heavy atom. The molecule has 0 bridgehead atoms. The van der Waals surface area contributed by atoms with Crippen molar-refractivity contribution >= 4 is 11.9 Å². The lowest BCUT2D eigenvalue weighted by atomic mass is 9.88. The molecule has 0 spiro atoms. The number of amides is 1. The second kappa shape index (κ2) is 2.50. The third kappa shape index (κ3) is 0.970. The van der Waals surface area contributed by atoms with Gasteiger partial charge in [-0.15, -0.1) is 0 Å². The predicted octanol–water partition coefficient (Wildman–Crippen LogP) is -1.43. The van der Waals surface area contributed by atoms with Gasteiger partial charge in [0, 0.05) is 6.54 Å². The fourth-order valence-corrected chi connectivity index (χ4v) is 1.09. The Bertz CT molecular complexity index is 203. The highest BCUT2D eigenvalue weighted by atomic mass is 16.4. The van der Waals surface area contributed by atoms with Crippen molar-refractivity contribution in [2.24, 2.45) is 5.41 Å². The molecule has 1 aliphatic heterocycles. The van der Waals surface area contributed by atoms with Crippen molar-refractivity contribution in [2.75, 3.05) is 13.2 Å². The highest BCUT2D eigenvalue weighted by molar-refractivity contribution is 6.03. The summed E-state index contributed by atoms with van der Waals surface area (Å²) in [5, 5.41) is 19.7. The van der Waals surface area contributed by atoms with Crippen LogP contribution in [0.2, 0.25) is 0 Å². The molecule has 1 fully saturated rings. The summed E-state index contributed by atoms with van der Waals surface area (Å²) in [5.41, 5.74) is -1.58. The molecular formula is C6H9NO4. The van der Waals surface area contributed by atoms with Gasteiger partial charge < -0.3 is 15.5 Å². The Labute approximate surface area is 63.0 Å². The number of carbonyl (C=O) groups is 2. The van der Waals surface area contributed by atoms with Crippen molar-refractivity contribution in [1.29, 1.82) is 0 Å². The molecule has 1 aliphatic rings. The molecule has 0 radical (unpaired) electrons. The largest absolute Gasteiger partial charge is 0.480 e. The normalized spacial score (nSPS) is 30.1. The van der Waals surface area contributed by atoms with Crippen LogP contribution in [0.3, 0.4) is 0 Å². The first-order chi connectivity index (χ1) is 5.13. The molecule has 0 aromatic carbocycles. The molecule has 0 saturated carbocycles. The predicted molar refractivity (Wildman–Crippen MR) is 34.8 cm³/mol. The molecule has 1 heterocycles. The maximum Gasteiger partial charge on any atom is 0.321 e. The van der Waals surface area contributed by atoms with E-state index in [9.17, 15) is 9.59 Å². The van der Waals surface area contributed by atoms with Gasteiger partial charge in [-0.05, 0) is 6.42 Å². The van der Waals surface area contributed by atoms with Crippen LogP contribution in [-0.4, -0.2) is 35.2 Å². The SMILES string of the molecule is O=C(O)C1(CO)CCNC1=O. The maximum absolute atomic E-state index is 10.9. The Balaban J connectivity index is 2.91. The van der Waals surface area contributed by atoms with Gasteiger partial charge >= 0.3 is 5.97 Å². The number of carboxylic acids is 1. The molecule has 0 aromatic heterocycles. The van der Waals surface area contributed by atoms with Gasteiger partial charge in [-0.25, -0.2) is 0 Å². The van der Waals surface area contributed by atoms with E-state index < -0.39 is 23.9 Å². The molecule has 1 amide bonds. The second-order valence-electron chi connectivity index (χ2n) is 2.55. The van der Waals surface area contributed by atoms with Crippen LogP contribution in [0, 0.1) is 5.41 Å². The molecule has 11 heavy (non-hydrogen) atoms. The molecule has 1 rings (SSSR count). The smallest absolute Gasteiger partial charge is 0.321 e. The first kappa shape index (κ1) is 8.00. The highest BCUT2D eigenvalue weighted by Gasteiger charge is 2.48. The average molecular weight is 159 g/mol. The first-order valence-electron chi connectivity index (χ1n) is 3.26. The van der Waals surface area contributed by atoms with E-state index in [1.165, 1.54) is 0 Å². The van der Waals surface area contributed by atoms with Crippen molar-refractivity contribution in [1.82, 2.24) is 5.32 Å². The van der Waals surface area contributed by atoms with Crippen molar-refractivity contribution in [2.45, 2.75) is 6.42 Å². The number of nitrogens with one attached hydrogen (secondary N) is 1. The van der Waals surface area contributed by atoms with Crippen molar-refractivity contribution in [3.8, 4) is 0 Å². The summed E-state index contributed by atoms with van der Waals surface area (Å²) < 4.78 is 0. The van der Waals surface area contributed by atoms with Crippen LogP contribution < -0.4 is 5.32 Å². The van der Waals surface area contributed by atoms with E-state index in [4.69, 9.17) is 10.2 Å². The van der Waals surface area contributed by atoms with Crippen LogP contribution in [0.1, 0.15) is 6.42 Å². The van der Waals surface area contributed by atoms with E-state index in [1.807, 2.05) is 0 Å². The van der Waals surface area contributed by atoms with Crippen LogP contribution in [0.25, 0.3) is 0 Å². The van der Waals surface area contributed by atoms with Crippen molar-refractivity contribution < 1.29 is 19.8 Å². The summed E-state index contributed by atoms with van der Waals surface area (Å²) in [4.78, 5) is 21.5. The Morgan fingerprint density at radius 3 is 2.55 bits per heavy atom. The molecule has 5 heteroatoms. The zero-order chi connectivity index (χ0) is 8.48. The van der Waals surface area contributed by atoms with Gasteiger partial charge in [0.05, 0.1) is 6.61 Å². The number of carbonyl (C=O) groups excluding carboxylic acids is 1. The Hall–Kier alpha value is -1.10. The lowest BCUT2D eigenvalue weighted by Gasteiger charge is -2.16. The Morgan fingerprint density at radius 2 is 2.36 bits per heavy atom. The third-order valence-corrected chi connectivity index (χ3v) is 1.95. The van der Waals surface area contributed by atoms with E-state index in [0.29, 0.717) is 6.54 Å². The van der Waals surface area contributed by atoms with E-state index in [0.717, 1.165) is 0 Å². The van der Waals surface area contributed by atoms with Crippen LogP contribution in [0.15, 0.2) is 0 Å². The zero-order valence-electron chi connectivity index (χ0n) is 5.83. The first-order valence-corrected chi connectivity index (χ1v) is 3.26.